The molecular weight excluding hydrogens is 194 g/mol. The summed E-state index contributed by atoms with van der Waals surface area (Å²) in [5.41, 5.74) is 2.46. The molecule has 1 aromatic rings. The van der Waals surface area contributed by atoms with Gasteiger partial charge >= 0.3 is 0 Å². The molecule has 2 rings (SSSR count). The van der Waals surface area contributed by atoms with Crippen LogP contribution in [0.1, 0.15) is 25.3 Å². The number of hydrogen-bond acceptors (Lipinski definition) is 1. The first kappa shape index (κ1) is 9.85. The highest BCUT2D eigenvalue weighted by Gasteiger charge is 2.25. The third-order valence-electron chi connectivity index (χ3n) is 2.92. The molecule has 2 heteroatoms. The van der Waals surface area contributed by atoms with Gasteiger partial charge in [-0.2, -0.15) is 0 Å². The molecule has 1 nitrogen and oxygen atoms in total. The summed E-state index contributed by atoms with van der Waals surface area (Å²) in [5, 5.41) is 4.36. The average Bonchev–Trinajstić information content (AvgIpc) is 2.06. The van der Waals surface area contributed by atoms with Crippen molar-refractivity contribution in [1.82, 2.24) is 0 Å². The van der Waals surface area contributed by atoms with Crippen molar-refractivity contribution < 1.29 is 0 Å². The van der Waals surface area contributed by atoms with Crippen LogP contribution in [0.15, 0.2) is 18.2 Å². The van der Waals surface area contributed by atoms with Crippen LogP contribution >= 0.6 is 11.6 Å². The maximum Gasteiger partial charge on any atom is 0.0410 e. The zero-order valence-corrected chi connectivity index (χ0v) is 9.43. The van der Waals surface area contributed by atoms with Crippen LogP contribution in [0.25, 0.3) is 0 Å². The van der Waals surface area contributed by atoms with Crippen molar-refractivity contribution in [1.29, 1.82) is 0 Å². The van der Waals surface area contributed by atoms with E-state index in [0.717, 1.165) is 10.9 Å². The molecule has 1 aliphatic rings. The lowest BCUT2D eigenvalue weighted by Crippen LogP contribution is -2.33. The Morgan fingerprint density at radius 1 is 1.36 bits per heavy atom. The molecule has 0 bridgehead atoms. The fourth-order valence-corrected chi connectivity index (χ4v) is 2.26. The molecule has 1 N–H and O–H groups in total. The van der Waals surface area contributed by atoms with Gasteiger partial charge in [-0.1, -0.05) is 18.5 Å². The zero-order valence-electron chi connectivity index (χ0n) is 8.68. The number of anilines is 1. The first-order valence-corrected chi connectivity index (χ1v) is 5.55. The molecule has 0 heterocycles. The van der Waals surface area contributed by atoms with Gasteiger partial charge in [0.2, 0.25) is 0 Å². The van der Waals surface area contributed by atoms with Gasteiger partial charge in [-0.05, 0) is 49.4 Å². The van der Waals surface area contributed by atoms with Crippen molar-refractivity contribution >= 4 is 17.3 Å². The topological polar surface area (TPSA) is 12.0 Å². The van der Waals surface area contributed by atoms with Gasteiger partial charge in [-0.3, -0.25) is 0 Å². The molecule has 0 radical (unpaired) electrons. The molecule has 76 valence electrons. The minimum Gasteiger partial charge on any atom is -0.382 e. The van der Waals surface area contributed by atoms with Gasteiger partial charge in [0.1, 0.15) is 0 Å². The van der Waals surface area contributed by atoms with E-state index in [2.05, 4.69) is 25.2 Å². The summed E-state index contributed by atoms with van der Waals surface area (Å²) < 4.78 is 0. The SMILES string of the molecule is Cc1cc(Cl)ccc1NC1CC(C)C1. The molecule has 14 heavy (non-hydrogen) atoms. The maximum atomic E-state index is 5.90. The van der Waals surface area contributed by atoms with Gasteiger partial charge in [-0.15, -0.1) is 0 Å². The highest BCUT2D eigenvalue weighted by atomic mass is 35.5. The third kappa shape index (κ3) is 2.03. The summed E-state index contributed by atoms with van der Waals surface area (Å²) in [7, 11) is 0. The molecule has 1 aromatic carbocycles. The summed E-state index contributed by atoms with van der Waals surface area (Å²) in [6.45, 7) is 4.39. The van der Waals surface area contributed by atoms with Crippen molar-refractivity contribution in [2.45, 2.75) is 32.7 Å². The Kier molecular flexibility index (Phi) is 2.69. The smallest absolute Gasteiger partial charge is 0.0410 e. The van der Waals surface area contributed by atoms with Crippen molar-refractivity contribution in [2.75, 3.05) is 5.32 Å². The predicted octanol–water partition coefficient (Wildman–Crippen LogP) is 3.86. The van der Waals surface area contributed by atoms with Crippen LogP contribution < -0.4 is 5.32 Å². The first-order valence-electron chi connectivity index (χ1n) is 5.18. The van der Waals surface area contributed by atoms with E-state index in [9.17, 15) is 0 Å². The molecule has 0 amide bonds. The maximum absolute atomic E-state index is 5.90. The molecule has 0 aliphatic heterocycles. The molecular formula is C12H16ClN. The highest BCUT2D eigenvalue weighted by Crippen LogP contribution is 2.30. The van der Waals surface area contributed by atoms with E-state index in [-0.39, 0.29) is 0 Å². The van der Waals surface area contributed by atoms with E-state index in [4.69, 9.17) is 11.6 Å². The molecule has 1 fully saturated rings. The summed E-state index contributed by atoms with van der Waals surface area (Å²) in [4.78, 5) is 0. The highest BCUT2D eigenvalue weighted by molar-refractivity contribution is 6.30. The second kappa shape index (κ2) is 3.82. The van der Waals surface area contributed by atoms with Gasteiger partial charge in [0, 0.05) is 16.8 Å². The lowest BCUT2D eigenvalue weighted by atomic mass is 9.82. The van der Waals surface area contributed by atoms with Crippen molar-refractivity contribution in [3.63, 3.8) is 0 Å². The van der Waals surface area contributed by atoms with Crippen molar-refractivity contribution in [3.05, 3.63) is 28.8 Å². The Morgan fingerprint density at radius 2 is 2.07 bits per heavy atom. The van der Waals surface area contributed by atoms with Crippen LogP contribution in [0, 0.1) is 12.8 Å². The summed E-state index contributed by atoms with van der Waals surface area (Å²) in [6.07, 6.45) is 2.59. The van der Waals surface area contributed by atoms with E-state index >= 15 is 0 Å². The number of benzene rings is 1. The molecule has 0 atom stereocenters. The van der Waals surface area contributed by atoms with Gasteiger partial charge in [-0.25, -0.2) is 0 Å². The first-order chi connectivity index (χ1) is 6.65. The predicted molar refractivity (Wildman–Crippen MR) is 62.0 cm³/mol. The number of hydrogen-bond donors (Lipinski definition) is 1. The second-order valence-electron chi connectivity index (χ2n) is 4.38. The van der Waals surface area contributed by atoms with Crippen molar-refractivity contribution in [3.8, 4) is 0 Å². The normalized spacial score (nSPS) is 25.6. The Hall–Kier alpha value is -0.690. The summed E-state index contributed by atoms with van der Waals surface area (Å²) in [5.74, 6) is 0.889. The van der Waals surface area contributed by atoms with E-state index in [1.807, 2.05) is 12.1 Å². The number of halogens is 1. The largest absolute Gasteiger partial charge is 0.382 e. The molecule has 1 aliphatic carbocycles. The van der Waals surface area contributed by atoms with Crippen LogP contribution in [0.4, 0.5) is 5.69 Å². The molecule has 0 aromatic heterocycles. The Bertz CT molecular complexity index is 329. The number of aryl methyl sites for hydroxylation is 1. The third-order valence-corrected chi connectivity index (χ3v) is 3.16. The van der Waals surface area contributed by atoms with Crippen LogP contribution in [-0.2, 0) is 0 Å². The fourth-order valence-electron chi connectivity index (χ4n) is 2.03. The van der Waals surface area contributed by atoms with E-state index in [1.165, 1.54) is 24.1 Å². The Morgan fingerprint density at radius 3 is 2.64 bits per heavy atom. The fraction of sp³-hybridized carbons (Fsp3) is 0.500. The minimum absolute atomic E-state index is 0.671. The van der Waals surface area contributed by atoms with Crippen LogP contribution in [0.3, 0.4) is 0 Å². The number of rotatable bonds is 2. The second-order valence-corrected chi connectivity index (χ2v) is 4.81. The monoisotopic (exact) mass is 209 g/mol. The lowest BCUT2D eigenvalue weighted by molar-refractivity contribution is 0.309. The molecule has 0 spiro atoms. The van der Waals surface area contributed by atoms with E-state index in [0.29, 0.717) is 6.04 Å². The summed E-state index contributed by atoms with van der Waals surface area (Å²) in [6, 6.07) is 6.69. The van der Waals surface area contributed by atoms with Crippen molar-refractivity contribution in [2.24, 2.45) is 5.92 Å². The zero-order chi connectivity index (χ0) is 10.1. The Labute approximate surface area is 90.5 Å². The average molecular weight is 210 g/mol. The summed E-state index contributed by atoms with van der Waals surface area (Å²) >= 11 is 5.90. The molecule has 0 unspecified atom stereocenters. The van der Waals surface area contributed by atoms with E-state index in [1.54, 1.807) is 0 Å². The quantitative estimate of drug-likeness (QED) is 0.780. The van der Waals surface area contributed by atoms with Crippen LogP contribution in [0.2, 0.25) is 5.02 Å². The lowest BCUT2D eigenvalue weighted by Gasteiger charge is -2.34. The standard InChI is InChI=1S/C12H16ClN/c1-8-5-11(6-8)14-12-4-3-10(13)7-9(12)2/h3-4,7-8,11,14H,5-6H2,1-2H3. The van der Waals surface area contributed by atoms with Crippen LogP contribution in [-0.4, -0.2) is 6.04 Å². The van der Waals surface area contributed by atoms with Gasteiger partial charge < -0.3 is 5.32 Å². The Balaban J connectivity index is 2.02. The number of nitrogens with one attached hydrogen (secondary N) is 1. The van der Waals surface area contributed by atoms with E-state index < -0.39 is 0 Å². The minimum atomic E-state index is 0.671. The van der Waals surface area contributed by atoms with Gasteiger partial charge in [0.05, 0.1) is 0 Å². The van der Waals surface area contributed by atoms with Gasteiger partial charge in [0.25, 0.3) is 0 Å². The van der Waals surface area contributed by atoms with Crippen LogP contribution in [0.5, 0.6) is 0 Å². The van der Waals surface area contributed by atoms with Gasteiger partial charge in [0.15, 0.2) is 0 Å². The molecule has 1 saturated carbocycles. The molecule has 0 saturated heterocycles.